The molecule has 38 heavy (non-hydrogen) atoms. The number of hydrogen-bond acceptors (Lipinski definition) is 6. The van der Waals surface area contributed by atoms with E-state index >= 15 is 0 Å². The van der Waals surface area contributed by atoms with Gasteiger partial charge in [0.25, 0.3) is 0 Å². The predicted octanol–water partition coefficient (Wildman–Crippen LogP) is 6.41. The van der Waals surface area contributed by atoms with E-state index < -0.39 is 17.9 Å². The number of para-hydroxylation sites is 1. The van der Waals surface area contributed by atoms with Crippen LogP contribution >= 0.6 is 11.6 Å². The van der Waals surface area contributed by atoms with E-state index in [0.29, 0.717) is 40.6 Å². The normalized spacial score (nSPS) is 13.4. The van der Waals surface area contributed by atoms with Crippen molar-refractivity contribution < 1.29 is 23.8 Å². The lowest BCUT2D eigenvalue weighted by molar-refractivity contribution is -0.139. The maximum absolute atomic E-state index is 13.3. The summed E-state index contributed by atoms with van der Waals surface area (Å²) in [4.78, 5) is 28.4. The molecule has 1 aliphatic rings. The highest BCUT2D eigenvalue weighted by molar-refractivity contribution is 6.30. The molecule has 0 spiro atoms. The third-order valence-electron chi connectivity index (χ3n) is 6.00. The van der Waals surface area contributed by atoms with Crippen molar-refractivity contribution in [1.82, 2.24) is 4.90 Å². The first kappa shape index (κ1) is 27.0. The van der Waals surface area contributed by atoms with Gasteiger partial charge in [-0.2, -0.15) is 0 Å². The monoisotopic (exact) mass is 531 g/mol. The van der Waals surface area contributed by atoms with Crippen molar-refractivity contribution in [3.8, 4) is 5.75 Å². The van der Waals surface area contributed by atoms with E-state index in [9.17, 15) is 9.59 Å². The average molecular weight is 532 g/mol. The van der Waals surface area contributed by atoms with Gasteiger partial charge in [0.1, 0.15) is 12.4 Å². The number of carbonyl (C=O) groups excluding carboxylic acids is 2. The van der Waals surface area contributed by atoms with Gasteiger partial charge in [0, 0.05) is 29.5 Å². The van der Waals surface area contributed by atoms with Crippen LogP contribution in [0.4, 0.5) is 0 Å². The molecule has 0 bridgehead atoms. The molecule has 0 amide bonds. The number of nitrogens with zero attached hydrogens (tertiary/aromatic N) is 1. The van der Waals surface area contributed by atoms with Crippen molar-refractivity contribution in [3.05, 3.63) is 124 Å². The fraction of sp³-hybridized carbons (Fsp3) is 0.226. The predicted molar refractivity (Wildman–Crippen MR) is 146 cm³/mol. The van der Waals surface area contributed by atoms with E-state index in [0.717, 1.165) is 11.1 Å². The highest BCUT2D eigenvalue weighted by atomic mass is 35.5. The number of ether oxygens (including phenoxy) is 3. The molecule has 0 radical (unpaired) electrons. The molecule has 7 heteroatoms. The minimum absolute atomic E-state index is 0.199. The number of esters is 2. The van der Waals surface area contributed by atoms with Crippen LogP contribution in [0.1, 0.15) is 36.5 Å². The van der Waals surface area contributed by atoms with Crippen LogP contribution in [0.15, 0.2) is 102 Å². The first-order valence-electron chi connectivity index (χ1n) is 12.5. The van der Waals surface area contributed by atoms with Gasteiger partial charge in [0.2, 0.25) is 0 Å². The molecular weight excluding hydrogens is 502 g/mol. The summed E-state index contributed by atoms with van der Waals surface area (Å²) in [5, 5.41) is 0.630. The number of benzene rings is 3. The lowest BCUT2D eigenvalue weighted by atomic mass is 9.82. The summed E-state index contributed by atoms with van der Waals surface area (Å²) in [5.74, 6) is -1.18. The number of hydrogen-bond donors (Lipinski definition) is 0. The Bertz CT molecular complexity index is 1280. The molecule has 0 saturated heterocycles. The van der Waals surface area contributed by atoms with Gasteiger partial charge in [-0.05, 0) is 43.2 Å². The van der Waals surface area contributed by atoms with Gasteiger partial charge in [-0.25, -0.2) is 9.59 Å². The minimum Gasteiger partial charge on any atom is -0.489 e. The highest BCUT2D eigenvalue weighted by Gasteiger charge is 2.37. The van der Waals surface area contributed by atoms with Gasteiger partial charge in [-0.3, -0.25) is 0 Å². The van der Waals surface area contributed by atoms with E-state index in [-0.39, 0.29) is 13.2 Å². The van der Waals surface area contributed by atoms with Gasteiger partial charge in [-0.1, -0.05) is 72.3 Å². The summed E-state index contributed by atoms with van der Waals surface area (Å²) in [6, 6.07) is 24.6. The van der Waals surface area contributed by atoms with Crippen LogP contribution in [0.25, 0.3) is 0 Å². The summed E-state index contributed by atoms with van der Waals surface area (Å²) in [5.41, 5.74) is 3.28. The molecule has 0 saturated carbocycles. The molecule has 0 aliphatic carbocycles. The van der Waals surface area contributed by atoms with Crippen LogP contribution in [0.5, 0.6) is 5.75 Å². The molecule has 0 unspecified atom stereocenters. The van der Waals surface area contributed by atoms with Crippen molar-refractivity contribution in [3.63, 3.8) is 0 Å². The van der Waals surface area contributed by atoms with Crippen molar-refractivity contribution in [1.29, 1.82) is 0 Å². The van der Waals surface area contributed by atoms with Gasteiger partial charge >= 0.3 is 11.9 Å². The number of halogens is 1. The molecule has 4 rings (SSSR count). The van der Waals surface area contributed by atoms with E-state index in [1.165, 1.54) is 0 Å². The minimum atomic E-state index is -0.735. The molecule has 3 aromatic carbocycles. The smallest absolute Gasteiger partial charge is 0.336 e. The average Bonchev–Trinajstić information content (AvgIpc) is 2.94. The Hall–Kier alpha value is -4.03. The summed E-state index contributed by atoms with van der Waals surface area (Å²) in [7, 11) is 0. The number of rotatable bonds is 10. The van der Waals surface area contributed by atoms with E-state index in [2.05, 4.69) is 0 Å². The number of carbonyl (C=O) groups is 2. The van der Waals surface area contributed by atoms with Crippen LogP contribution in [-0.4, -0.2) is 30.1 Å². The lowest BCUT2D eigenvalue weighted by Crippen LogP contribution is -2.29. The van der Waals surface area contributed by atoms with Crippen LogP contribution in [0.3, 0.4) is 0 Å². The molecule has 6 nitrogen and oxygen atoms in total. The van der Waals surface area contributed by atoms with E-state index in [4.69, 9.17) is 25.8 Å². The van der Waals surface area contributed by atoms with E-state index in [1.54, 1.807) is 43.3 Å². The van der Waals surface area contributed by atoms with Crippen molar-refractivity contribution in [2.75, 3.05) is 13.2 Å². The molecule has 0 atom stereocenters. The summed E-state index contributed by atoms with van der Waals surface area (Å²) in [6.07, 6.45) is 3.46. The second-order valence-electron chi connectivity index (χ2n) is 8.65. The Morgan fingerprint density at radius 1 is 0.763 bits per heavy atom. The van der Waals surface area contributed by atoms with Gasteiger partial charge in [-0.15, -0.1) is 0 Å². The Labute approximate surface area is 228 Å². The molecule has 0 fully saturated rings. The third-order valence-corrected chi connectivity index (χ3v) is 6.25. The van der Waals surface area contributed by atoms with Gasteiger partial charge < -0.3 is 19.1 Å². The Morgan fingerprint density at radius 2 is 1.34 bits per heavy atom. The first-order chi connectivity index (χ1) is 18.5. The lowest BCUT2D eigenvalue weighted by Gasteiger charge is -2.31. The Morgan fingerprint density at radius 3 is 1.95 bits per heavy atom. The standard InChI is InChI=1S/C31H30ClNO5/c1-3-36-30(34)26-19-33(18-22-14-16-24(32)17-15-22)20-27(31(35)37-4-2)29(26)25-12-8-9-13-28(25)38-21-23-10-6-5-7-11-23/h5-17,19-20,29H,3-4,18,21H2,1-2H3. The van der Waals surface area contributed by atoms with Crippen molar-refractivity contribution in [2.24, 2.45) is 0 Å². The van der Waals surface area contributed by atoms with Crippen LogP contribution in [0.2, 0.25) is 5.02 Å². The zero-order chi connectivity index (χ0) is 26.9. The van der Waals surface area contributed by atoms with Crippen molar-refractivity contribution in [2.45, 2.75) is 32.9 Å². The fourth-order valence-electron chi connectivity index (χ4n) is 4.29. The Balaban J connectivity index is 1.76. The zero-order valence-corrected chi connectivity index (χ0v) is 22.2. The molecule has 1 aliphatic heterocycles. The molecule has 196 valence electrons. The largest absolute Gasteiger partial charge is 0.489 e. The van der Waals surface area contributed by atoms with E-state index in [1.807, 2.05) is 66.7 Å². The highest BCUT2D eigenvalue weighted by Crippen LogP contribution is 2.41. The molecule has 0 N–H and O–H groups in total. The molecule has 3 aromatic rings. The summed E-state index contributed by atoms with van der Waals surface area (Å²) < 4.78 is 17.1. The Kier molecular flexibility index (Phi) is 9.22. The SMILES string of the molecule is CCOC(=O)C1=CN(Cc2ccc(Cl)cc2)C=C(C(=O)OCC)C1c1ccccc1OCc1ccccc1. The third kappa shape index (κ3) is 6.64. The fourth-order valence-corrected chi connectivity index (χ4v) is 4.42. The molecular formula is C31H30ClNO5. The van der Waals surface area contributed by atoms with Crippen LogP contribution in [0, 0.1) is 0 Å². The second kappa shape index (κ2) is 13.0. The maximum Gasteiger partial charge on any atom is 0.336 e. The maximum atomic E-state index is 13.3. The second-order valence-corrected chi connectivity index (χ2v) is 9.09. The summed E-state index contributed by atoms with van der Waals surface area (Å²) in [6.45, 7) is 4.66. The summed E-state index contributed by atoms with van der Waals surface area (Å²) >= 11 is 6.05. The zero-order valence-electron chi connectivity index (χ0n) is 21.4. The molecule has 0 aromatic heterocycles. The first-order valence-corrected chi connectivity index (χ1v) is 12.9. The van der Waals surface area contributed by atoms with Crippen molar-refractivity contribution >= 4 is 23.5 Å². The topological polar surface area (TPSA) is 65.1 Å². The van der Waals surface area contributed by atoms with Crippen LogP contribution < -0.4 is 4.74 Å². The van der Waals surface area contributed by atoms with Gasteiger partial charge in [0.15, 0.2) is 0 Å². The van der Waals surface area contributed by atoms with Gasteiger partial charge in [0.05, 0.1) is 30.3 Å². The quantitative estimate of drug-likeness (QED) is 0.282. The van der Waals surface area contributed by atoms with Crippen LogP contribution in [-0.2, 0) is 32.2 Å². The molecule has 1 heterocycles.